The Hall–Kier alpha value is -5.64. The Bertz CT molecular complexity index is 1390. The number of phenols is 2. The monoisotopic (exact) mass is 560 g/mol. The summed E-state index contributed by atoms with van der Waals surface area (Å²) in [5.74, 6) is -4.04. The van der Waals surface area contributed by atoms with Gasteiger partial charge in [0, 0.05) is 5.41 Å². The maximum Gasteiger partial charge on any atom is 0.336 e. The molecule has 0 unspecified atom stereocenters. The third kappa shape index (κ3) is 8.96. The first-order valence-corrected chi connectivity index (χ1v) is 11.9. The molecule has 4 aromatic rings. The molecule has 0 radical (unpaired) electrons. The van der Waals surface area contributed by atoms with Gasteiger partial charge in [-0.25, -0.2) is 19.2 Å². The fourth-order valence-corrected chi connectivity index (χ4v) is 3.53. The van der Waals surface area contributed by atoms with Crippen molar-refractivity contribution in [2.24, 2.45) is 0 Å². The van der Waals surface area contributed by atoms with Gasteiger partial charge in [0.25, 0.3) is 0 Å². The highest BCUT2D eigenvalue weighted by Crippen LogP contribution is 2.32. The SMILES string of the molecule is CC(C)(c1ccc(O)cc1)c1ccc(O)cc1.O=C(O)c1ccc(C(=O)O)cc1.O=C(O)c1ccccc1C(=O)O. The summed E-state index contributed by atoms with van der Waals surface area (Å²) in [4.78, 5) is 41.6. The number of benzene rings is 4. The quantitative estimate of drug-likeness (QED) is 0.173. The lowest BCUT2D eigenvalue weighted by Gasteiger charge is -2.26. The van der Waals surface area contributed by atoms with Crippen LogP contribution in [0.25, 0.3) is 0 Å². The number of phenolic OH excluding ortho intramolecular Hbond substituents is 2. The standard InChI is InChI=1S/C15H16O2.2C8H6O4/c1-15(2,11-3-7-13(16)8-4-11)12-5-9-14(17)10-6-12;9-7(10)5-1-2-6(4-3-5)8(11)12;9-7(10)5-3-1-2-4-6(5)8(11)12/h3-10,16-17H,1-2H3;2*1-4H,(H,9,10)(H,11,12). The van der Waals surface area contributed by atoms with Crippen molar-refractivity contribution in [3.05, 3.63) is 130 Å². The highest BCUT2D eigenvalue weighted by molar-refractivity contribution is 6.01. The molecule has 0 saturated heterocycles. The molecule has 4 rings (SSSR count). The second-order valence-corrected chi connectivity index (χ2v) is 9.06. The van der Waals surface area contributed by atoms with Crippen molar-refractivity contribution < 1.29 is 49.8 Å². The first-order chi connectivity index (χ1) is 19.2. The number of aromatic hydroxyl groups is 2. The van der Waals surface area contributed by atoms with Crippen LogP contribution in [0, 0.1) is 0 Å². The van der Waals surface area contributed by atoms with Gasteiger partial charge in [-0.2, -0.15) is 0 Å². The molecule has 0 aliphatic rings. The molecule has 0 aromatic heterocycles. The summed E-state index contributed by atoms with van der Waals surface area (Å²) in [6, 6.07) is 24.9. The Morgan fingerprint density at radius 2 is 0.756 bits per heavy atom. The predicted octanol–water partition coefficient (Wildman–Crippen LogP) is 5.59. The van der Waals surface area contributed by atoms with Crippen LogP contribution in [0.5, 0.6) is 11.5 Å². The van der Waals surface area contributed by atoms with E-state index in [1.165, 1.54) is 48.5 Å². The molecule has 41 heavy (non-hydrogen) atoms. The molecular weight excluding hydrogens is 532 g/mol. The van der Waals surface area contributed by atoms with Crippen LogP contribution in [-0.2, 0) is 5.41 Å². The summed E-state index contributed by atoms with van der Waals surface area (Å²) in [7, 11) is 0. The van der Waals surface area contributed by atoms with Crippen LogP contribution in [0.1, 0.15) is 66.4 Å². The van der Waals surface area contributed by atoms with E-state index in [2.05, 4.69) is 13.8 Å². The molecular formula is C31H28O10. The third-order valence-corrected chi connectivity index (χ3v) is 5.94. The number of hydrogen-bond donors (Lipinski definition) is 6. The molecule has 10 heteroatoms. The van der Waals surface area contributed by atoms with E-state index in [-0.39, 0.29) is 39.2 Å². The molecule has 0 bridgehead atoms. The third-order valence-electron chi connectivity index (χ3n) is 5.94. The summed E-state index contributed by atoms with van der Waals surface area (Å²) < 4.78 is 0. The Labute approximate surface area is 235 Å². The van der Waals surface area contributed by atoms with Gasteiger partial charge in [0.05, 0.1) is 22.3 Å². The number of carbonyl (C=O) groups is 4. The maximum atomic E-state index is 10.5. The zero-order chi connectivity index (χ0) is 30.7. The van der Waals surface area contributed by atoms with Crippen LogP contribution in [0.15, 0.2) is 97.1 Å². The minimum absolute atomic E-state index is 0.0833. The zero-order valence-electron chi connectivity index (χ0n) is 22.1. The van der Waals surface area contributed by atoms with E-state index in [9.17, 15) is 29.4 Å². The van der Waals surface area contributed by atoms with E-state index in [0.717, 1.165) is 11.1 Å². The van der Waals surface area contributed by atoms with Gasteiger partial charge in [-0.15, -0.1) is 0 Å². The molecule has 10 nitrogen and oxygen atoms in total. The zero-order valence-corrected chi connectivity index (χ0v) is 22.1. The van der Waals surface area contributed by atoms with E-state index < -0.39 is 23.9 Å². The van der Waals surface area contributed by atoms with Gasteiger partial charge in [0.15, 0.2) is 0 Å². The Morgan fingerprint density at radius 3 is 1.00 bits per heavy atom. The molecule has 0 amide bonds. The number of aromatic carboxylic acids is 4. The minimum atomic E-state index is -1.23. The predicted molar refractivity (Wildman–Crippen MR) is 149 cm³/mol. The van der Waals surface area contributed by atoms with Crippen molar-refractivity contribution in [3.8, 4) is 11.5 Å². The molecule has 212 valence electrons. The van der Waals surface area contributed by atoms with Gasteiger partial charge in [-0.1, -0.05) is 50.2 Å². The van der Waals surface area contributed by atoms with Crippen molar-refractivity contribution in [3.63, 3.8) is 0 Å². The Kier molecular flexibility index (Phi) is 10.7. The van der Waals surface area contributed by atoms with Crippen molar-refractivity contribution in [1.29, 1.82) is 0 Å². The molecule has 0 fully saturated rings. The summed E-state index contributed by atoms with van der Waals surface area (Å²) >= 11 is 0. The van der Waals surface area contributed by atoms with Crippen LogP contribution in [0.2, 0.25) is 0 Å². The number of carboxylic acid groups (broad SMARTS) is 4. The summed E-state index contributed by atoms with van der Waals surface area (Å²) in [6.45, 7) is 4.23. The van der Waals surface area contributed by atoms with Crippen molar-refractivity contribution in [1.82, 2.24) is 0 Å². The second-order valence-electron chi connectivity index (χ2n) is 9.06. The summed E-state index contributed by atoms with van der Waals surface area (Å²) in [5.41, 5.74) is 1.89. The second kappa shape index (κ2) is 13.9. The van der Waals surface area contributed by atoms with Gasteiger partial charge < -0.3 is 30.6 Å². The van der Waals surface area contributed by atoms with Gasteiger partial charge in [-0.05, 0) is 71.8 Å². The van der Waals surface area contributed by atoms with Crippen LogP contribution in [-0.4, -0.2) is 54.5 Å². The normalized spacial score (nSPS) is 10.2. The fourth-order valence-electron chi connectivity index (χ4n) is 3.53. The fraction of sp³-hybridized carbons (Fsp3) is 0.0968. The van der Waals surface area contributed by atoms with Crippen LogP contribution in [0.3, 0.4) is 0 Å². The molecule has 0 aliphatic carbocycles. The summed E-state index contributed by atoms with van der Waals surface area (Å²) in [6.07, 6.45) is 0. The maximum absolute atomic E-state index is 10.5. The highest BCUT2D eigenvalue weighted by Gasteiger charge is 2.22. The number of carboxylic acids is 4. The highest BCUT2D eigenvalue weighted by atomic mass is 16.4. The Balaban J connectivity index is 0.000000221. The first kappa shape index (κ1) is 31.6. The average molecular weight is 561 g/mol. The van der Waals surface area contributed by atoms with Gasteiger partial charge in [0.2, 0.25) is 0 Å². The topological polar surface area (TPSA) is 190 Å². The van der Waals surface area contributed by atoms with E-state index in [4.69, 9.17) is 20.4 Å². The molecule has 4 aromatic carbocycles. The van der Waals surface area contributed by atoms with Crippen LogP contribution in [0.4, 0.5) is 0 Å². The average Bonchev–Trinajstić information content (AvgIpc) is 2.94. The van der Waals surface area contributed by atoms with E-state index in [1.54, 1.807) is 24.3 Å². The van der Waals surface area contributed by atoms with Crippen LogP contribution >= 0.6 is 0 Å². The molecule has 0 atom stereocenters. The molecule has 0 heterocycles. The first-order valence-electron chi connectivity index (χ1n) is 11.9. The van der Waals surface area contributed by atoms with E-state index >= 15 is 0 Å². The number of rotatable bonds is 6. The van der Waals surface area contributed by atoms with Gasteiger partial charge in [0.1, 0.15) is 11.5 Å². The molecule has 0 saturated carbocycles. The molecule has 6 N–H and O–H groups in total. The van der Waals surface area contributed by atoms with Gasteiger partial charge >= 0.3 is 23.9 Å². The van der Waals surface area contributed by atoms with Gasteiger partial charge in [-0.3, -0.25) is 0 Å². The summed E-state index contributed by atoms with van der Waals surface area (Å²) in [5, 5.41) is 52.6. The lowest BCUT2D eigenvalue weighted by molar-refractivity contribution is 0.0651. The largest absolute Gasteiger partial charge is 0.508 e. The van der Waals surface area contributed by atoms with Crippen LogP contribution < -0.4 is 0 Å². The Morgan fingerprint density at radius 1 is 0.463 bits per heavy atom. The lowest BCUT2D eigenvalue weighted by atomic mass is 9.78. The smallest absolute Gasteiger partial charge is 0.336 e. The molecule has 0 spiro atoms. The van der Waals surface area contributed by atoms with E-state index in [0.29, 0.717) is 0 Å². The van der Waals surface area contributed by atoms with E-state index in [1.807, 2.05) is 24.3 Å². The van der Waals surface area contributed by atoms with Crippen molar-refractivity contribution >= 4 is 23.9 Å². The number of hydrogen-bond acceptors (Lipinski definition) is 6. The molecule has 0 aliphatic heterocycles. The minimum Gasteiger partial charge on any atom is -0.508 e. The van der Waals surface area contributed by atoms with Crippen molar-refractivity contribution in [2.75, 3.05) is 0 Å². The van der Waals surface area contributed by atoms with Crippen molar-refractivity contribution in [2.45, 2.75) is 19.3 Å². The lowest BCUT2D eigenvalue weighted by Crippen LogP contribution is -2.18.